The summed E-state index contributed by atoms with van der Waals surface area (Å²) in [5.41, 5.74) is -0.0817. The molecule has 1 saturated carbocycles. The van der Waals surface area contributed by atoms with E-state index in [0.717, 1.165) is 12.8 Å². The number of H-pyrrole nitrogens is 1. The maximum absolute atomic E-state index is 11.9. The number of amides is 1. The Balaban J connectivity index is 1.81. The molecule has 0 saturated heterocycles. The number of carbonyl (C=O) groups excluding carboxylic acids is 2. The van der Waals surface area contributed by atoms with Gasteiger partial charge in [0.1, 0.15) is 0 Å². The maximum atomic E-state index is 11.9. The molecule has 1 heterocycles. The average Bonchev–Trinajstić information content (AvgIpc) is 2.50. The summed E-state index contributed by atoms with van der Waals surface area (Å²) >= 11 is 0. The summed E-state index contributed by atoms with van der Waals surface area (Å²) in [5.74, 6) is 0.0931. The van der Waals surface area contributed by atoms with Crippen LogP contribution in [0.3, 0.4) is 0 Å². The van der Waals surface area contributed by atoms with Crippen molar-refractivity contribution in [3.05, 3.63) is 34.2 Å². The molecule has 0 aromatic carbocycles. The van der Waals surface area contributed by atoms with Gasteiger partial charge in [-0.2, -0.15) is 0 Å². The standard InChI is InChI=1S/C16H22N2O4/c1-10-4-3-5-13(11(10)2)18-15(20)9-22-16(21)12-6-7-14(19)17-8-12/h6-8,10-11,13H,3-5,9H2,1-2H3,(H,17,19)(H,18,20). The molecule has 1 aliphatic rings. The highest BCUT2D eigenvalue weighted by Crippen LogP contribution is 2.29. The number of pyridine rings is 1. The number of aromatic nitrogens is 1. The van der Waals surface area contributed by atoms with Gasteiger partial charge in [-0.3, -0.25) is 9.59 Å². The summed E-state index contributed by atoms with van der Waals surface area (Å²) in [6.07, 6.45) is 4.53. The van der Waals surface area contributed by atoms with E-state index in [0.29, 0.717) is 11.8 Å². The number of nitrogens with one attached hydrogen (secondary N) is 2. The van der Waals surface area contributed by atoms with Crippen LogP contribution >= 0.6 is 0 Å². The summed E-state index contributed by atoms with van der Waals surface area (Å²) in [5, 5.41) is 2.94. The smallest absolute Gasteiger partial charge is 0.340 e. The van der Waals surface area contributed by atoms with Crippen molar-refractivity contribution in [2.45, 2.75) is 39.2 Å². The van der Waals surface area contributed by atoms with Gasteiger partial charge in [-0.1, -0.05) is 26.7 Å². The van der Waals surface area contributed by atoms with E-state index in [1.54, 1.807) is 0 Å². The van der Waals surface area contributed by atoms with Crippen molar-refractivity contribution in [1.82, 2.24) is 10.3 Å². The molecule has 0 radical (unpaired) electrons. The van der Waals surface area contributed by atoms with Crippen molar-refractivity contribution >= 4 is 11.9 Å². The molecule has 6 nitrogen and oxygen atoms in total. The Morgan fingerprint density at radius 3 is 2.77 bits per heavy atom. The van der Waals surface area contributed by atoms with E-state index in [9.17, 15) is 14.4 Å². The molecule has 1 aromatic heterocycles. The third kappa shape index (κ3) is 4.19. The minimum Gasteiger partial charge on any atom is -0.452 e. The Bertz CT molecular complexity index is 576. The first-order valence-electron chi connectivity index (χ1n) is 7.62. The number of carbonyl (C=O) groups is 2. The Morgan fingerprint density at radius 1 is 1.32 bits per heavy atom. The molecule has 0 spiro atoms. The molecule has 3 atom stereocenters. The van der Waals surface area contributed by atoms with Crippen LogP contribution in [0, 0.1) is 11.8 Å². The van der Waals surface area contributed by atoms with Gasteiger partial charge in [-0.15, -0.1) is 0 Å². The van der Waals surface area contributed by atoms with Gasteiger partial charge >= 0.3 is 5.97 Å². The lowest BCUT2D eigenvalue weighted by Gasteiger charge is -2.34. The summed E-state index contributed by atoms with van der Waals surface area (Å²) in [7, 11) is 0. The molecule has 22 heavy (non-hydrogen) atoms. The van der Waals surface area contributed by atoms with Gasteiger partial charge in [0.15, 0.2) is 6.61 Å². The molecule has 120 valence electrons. The van der Waals surface area contributed by atoms with Gasteiger partial charge in [0.05, 0.1) is 5.56 Å². The zero-order chi connectivity index (χ0) is 16.1. The van der Waals surface area contributed by atoms with Crippen molar-refractivity contribution in [1.29, 1.82) is 0 Å². The molecule has 2 rings (SSSR count). The van der Waals surface area contributed by atoms with E-state index in [2.05, 4.69) is 24.1 Å². The Morgan fingerprint density at radius 2 is 2.09 bits per heavy atom. The van der Waals surface area contributed by atoms with Gasteiger partial charge in [0.2, 0.25) is 5.56 Å². The van der Waals surface area contributed by atoms with Gasteiger partial charge in [-0.25, -0.2) is 4.79 Å². The van der Waals surface area contributed by atoms with Crippen LogP contribution < -0.4 is 10.9 Å². The van der Waals surface area contributed by atoms with E-state index in [4.69, 9.17) is 4.74 Å². The Labute approximate surface area is 129 Å². The Kier molecular flexibility index (Phi) is 5.35. The number of hydrogen-bond acceptors (Lipinski definition) is 4. The van der Waals surface area contributed by atoms with Crippen LogP contribution in [0.5, 0.6) is 0 Å². The second-order valence-corrected chi connectivity index (χ2v) is 5.96. The van der Waals surface area contributed by atoms with Crippen LogP contribution in [0.1, 0.15) is 43.5 Å². The third-order valence-corrected chi connectivity index (χ3v) is 4.41. The number of esters is 1. The molecular weight excluding hydrogens is 284 g/mol. The van der Waals surface area contributed by atoms with Crippen molar-refractivity contribution < 1.29 is 14.3 Å². The molecule has 6 heteroatoms. The van der Waals surface area contributed by atoms with E-state index in [-0.39, 0.29) is 29.7 Å². The summed E-state index contributed by atoms with van der Waals surface area (Å²) in [6.45, 7) is 4.02. The minimum atomic E-state index is -0.628. The second-order valence-electron chi connectivity index (χ2n) is 5.96. The molecule has 1 fully saturated rings. The lowest BCUT2D eigenvalue weighted by Crippen LogP contribution is -2.45. The number of aromatic amines is 1. The largest absolute Gasteiger partial charge is 0.452 e. The van der Waals surface area contributed by atoms with Crippen LogP contribution in [0.2, 0.25) is 0 Å². The predicted octanol–water partition coefficient (Wildman–Crippen LogP) is 1.47. The zero-order valence-electron chi connectivity index (χ0n) is 12.9. The highest BCUT2D eigenvalue weighted by molar-refractivity contribution is 5.90. The molecule has 0 aliphatic heterocycles. The van der Waals surface area contributed by atoms with Gasteiger partial charge in [-0.05, 0) is 24.3 Å². The van der Waals surface area contributed by atoms with Crippen LogP contribution in [-0.4, -0.2) is 29.5 Å². The summed E-state index contributed by atoms with van der Waals surface area (Å²) in [4.78, 5) is 37.0. The van der Waals surface area contributed by atoms with Crippen molar-refractivity contribution in [3.8, 4) is 0 Å². The molecule has 1 amide bonds. The van der Waals surface area contributed by atoms with E-state index < -0.39 is 5.97 Å². The average molecular weight is 306 g/mol. The molecule has 0 bridgehead atoms. The summed E-state index contributed by atoms with van der Waals surface area (Å²) in [6, 6.07) is 2.74. The normalized spacial score (nSPS) is 24.5. The maximum Gasteiger partial charge on any atom is 0.340 e. The molecule has 1 aliphatic carbocycles. The molecule has 1 aromatic rings. The van der Waals surface area contributed by atoms with Crippen LogP contribution in [0.25, 0.3) is 0 Å². The fourth-order valence-electron chi connectivity index (χ4n) is 2.79. The lowest BCUT2D eigenvalue weighted by atomic mass is 9.78. The van der Waals surface area contributed by atoms with E-state index in [1.807, 2.05) is 0 Å². The minimum absolute atomic E-state index is 0.142. The first-order valence-corrected chi connectivity index (χ1v) is 7.62. The van der Waals surface area contributed by atoms with Crippen LogP contribution in [0.15, 0.2) is 23.1 Å². The number of ether oxygens (including phenoxy) is 1. The number of rotatable bonds is 4. The van der Waals surface area contributed by atoms with E-state index in [1.165, 1.54) is 24.8 Å². The quantitative estimate of drug-likeness (QED) is 0.825. The molecule has 3 unspecified atom stereocenters. The van der Waals surface area contributed by atoms with Gasteiger partial charge < -0.3 is 15.0 Å². The van der Waals surface area contributed by atoms with Crippen LogP contribution in [0.4, 0.5) is 0 Å². The second kappa shape index (κ2) is 7.24. The van der Waals surface area contributed by atoms with Crippen molar-refractivity contribution in [2.75, 3.05) is 6.61 Å². The monoisotopic (exact) mass is 306 g/mol. The zero-order valence-corrected chi connectivity index (χ0v) is 12.9. The topological polar surface area (TPSA) is 88.3 Å². The third-order valence-electron chi connectivity index (χ3n) is 4.41. The van der Waals surface area contributed by atoms with E-state index >= 15 is 0 Å². The SMILES string of the molecule is CC1CCCC(NC(=O)COC(=O)c2ccc(=O)[nH]c2)C1C. The summed E-state index contributed by atoms with van der Waals surface area (Å²) < 4.78 is 4.96. The van der Waals surface area contributed by atoms with Crippen molar-refractivity contribution in [2.24, 2.45) is 11.8 Å². The highest BCUT2D eigenvalue weighted by atomic mass is 16.5. The number of hydrogen-bond donors (Lipinski definition) is 2. The first kappa shape index (κ1) is 16.3. The molecule has 2 N–H and O–H groups in total. The van der Waals surface area contributed by atoms with Gasteiger partial charge in [0.25, 0.3) is 5.91 Å². The fourth-order valence-corrected chi connectivity index (χ4v) is 2.79. The van der Waals surface area contributed by atoms with Crippen molar-refractivity contribution in [3.63, 3.8) is 0 Å². The Hall–Kier alpha value is -2.11. The lowest BCUT2D eigenvalue weighted by molar-refractivity contribution is -0.125. The molecular formula is C16H22N2O4. The fraction of sp³-hybridized carbons (Fsp3) is 0.562. The van der Waals surface area contributed by atoms with Gasteiger partial charge in [0, 0.05) is 18.3 Å². The highest BCUT2D eigenvalue weighted by Gasteiger charge is 2.28. The predicted molar refractivity (Wildman–Crippen MR) is 81.5 cm³/mol. The first-order chi connectivity index (χ1) is 10.5. The van der Waals surface area contributed by atoms with Crippen LogP contribution in [-0.2, 0) is 9.53 Å².